The van der Waals surface area contributed by atoms with Crippen molar-refractivity contribution in [2.45, 2.75) is 31.8 Å². The number of hydrogen-bond acceptors (Lipinski definition) is 6. The highest BCUT2D eigenvalue weighted by molar-refractivity contribution is 5.02. The predicted molar refractivity (Wildman–Crippen MR) is 59.2 cm³/mol. The van der Waals surface area contributed by atoms with Gasteiger partial charge in [-0.15, -0.1) is 0 Å². The smallest absolute Gasteiger partial charge is 0.330 e. The summed E-state index contributed by atoms with van der Waals surface area (Å²) in [5, 5.41) is 18.0. The zero-order valence-electron chi connectivity index (χ0n) is 9.70. The summed E-state index contributed by atoms with van der Waals surface area (Å²) in [6.45, 7) is 1.38. The van der Waals surface area contributed by atoms with Crippen LogP contribution in [-0.4, -0.2) is 38.7 Å². The second-order valence-electron chi connectivity index (χ2n) is 4.21. The van der Waals surface area contributed by atoms with Gasteiger partial charge in [0.05, 0.1) is 6.10 Å². The Kier molecular flexibility index (Phi) is 3.62. The van der Waals surface area contributed by atoms with Crippen LogP contribution in [0, 0.1) is 6.92 Å². The highest BCUT2D eigenvalue weighted by atomic mass is 17.1. The van der Waals surface area contributed by atoms with Crippen LogP contribution in [0.2, 0.25) is 0 Å². The average molecular weight is 258 g/mol. The molecular weight excluding hydrogens is 244 g/mol. The molecule has 1 fully saturated rings. The molecule has 1 saturated heterocycles. The van der Waals surface area contributed by atoms with Gasteiger partial charge in [-0.3, -0.25) is 19.6 Å². The van der Waals surface area contributed by atoms with Crippen molar-refractivity contribution in [2.24, 2.45) is 0 Å². The summed E-state index contributed by atoms with van der Waals surface area (Å²) in [6.07, 6.45) is -0.691. The van der Waals surface area contributed by atoms with Crippen molar-refractivity contribution < 1.29 is 20.0 Å². The molecule has 0 saturated carbocycles. The number of aromatic amines is 1. The van der Waals surface area contributed by atoms with E-state index in [0.717, 1.165) is 0 Å². The lowest BCUT2D eigenvalue weighted by Gasteiger charge is -2.15. The molecule has 18 heavy (non-hydrogen) atoms. The molecule has 0 bridgehead atoms. The first-order valence-electron chi connectivity index (χ1n) is 5.45. The molecule has 0 aliphatic carbocycles. The van der Waals surface area contributed by atoms with Crippen molar-refractivity contribution >= 4 is 0 Å². The van der Waals surface area contributed by atoms with E-state index < -0.39 is 29.7 Å². The van der Waals surface area contributed by atoms with E-state index in [9.17, 15) is 14.7 Å². The molecule has 100 valence electrons. The molecule has 2 heterocycles. The zero-order valence-corrected chi connectivity index (χ0v) is 9.70. The minimum atomic E-state index is -0.846. The van der Waals surface area contributed by atoms with Crippen molar-refractivity contribution in [3.05, 3.63) is 32.6 Å². The van der Waals surface area contributed by atoms with Gasteiger partial charge < -0.3 is 9.84 Å². The van der Waals surface area contributed by atoms with E-state index in [1.807, 2.05) is 0 Å². The van der Waals surface area contributed by atoms with Crippen molar-refractivity contribution in [3.63, 3.8) is 0 Å². The van der Waals surface area contributed by atoms with E-state index in [0.29, 0.717) is 5.56 Å². The minimum absolute atomic E-state index is 0.180. The first kappa shape index (κ1) is 13.0. The molecular formula is C10H14N2O6. The maximum Gasteiger partial charge on any atom is 0.330 e. The largest absolute Gasteiger partial charge is 0.390 e. The van der Waals surface area contributed by atoms with Crippen LogP contribution in [-0.2, 0) is 9.62 Å². The summed E-state index contributed by atoms with van der Waals surface area (Å²) in [5.41, 5.74) is -0.687. The number of aliphatic hydroxyl groups is 1. The number of nitrogens with one attached hydrogen (secondary N) is 1. The van der Waals surface area contributed by atoms with Gasteiger partial charge in [-0.25, -0.2) is 9.68 Å². The first-order valence-corrected chi connectivity index (χ1v) is 5.45. The Morgan fingerprint density at radius 3 is 3.00 bits per heavy atom. The topological polar surface area (TPSA) is 114 Å². The monoisotopic (exact) mass is 258 g/mol. The van der Waals surface area contributed by atoms with Gasteiger partial charge in [0.2, 0.25) is 0 Å². The average Bonchev–Trinajstić information content (AvgIpc) is 2.66. The molecule has 1 aliphatic heterocycles. The number of aryl methyl sites for hydroxylation is 1. The lowest BCUT2D eigenvalue weighted by atomic mass is 10.2. The lowest BCUT2D eigenvalue weighted by Crippen LogP contribution is -2.33. The van der Waals surface area contributed by atoms with Gasteiger partial charge in [0, 0.05) is 18.2 Å². The van der Waals surface area contributed by atoms with E-state index in [1.54, 1.807) is 6.92 Å². The van der Waals surface area contributed by atoms with Crippen LogP contribution in [0.4, 0.5) is 0 Å². The van der Waals surface area contributed by atoms with Gasteiger partial charge in [0.1, 0.15) is 18.9 Å². The van der Waals surface area contributed by atoms with Gasteiger partial charge in [-0.2, -0.15) is 0 Å². The number of H-pyrrole nitrogens is 1. The van der Waals surface area contributed by atoms with Crippen molar-refractivity contribution in [3.8, 4) is 0 Å². The third-order valence-electron chi connectivity index (χ3n) is 2.90. The van der Waals surface area contributed by atoms with Gasteiger partial charge in [0.25, 0.3) is 5.56 Å². The Balaban J connectivity index is 2.26. The van der Waals surface area contributed by atoms with E-state index in [1.165, 1.54) is 10.8 Å². The zero-order chi connectivity index (χ0) is 13.3. The number of ether oxygens (including phenoxy) is 1. The van der Waals surface area contributed by atoms with Crippen molar-refractivity contribution in [2.75, 3.05) is 6.61 Å². The molecule has 3 atom stereocenters. The summed E-state index contributed by atoms with van der Waals surface area (Å²) < 4.78 is 6.59. The van der Waals surface area contributed by atoms with Gasteiger partial charge in [-0.05, 0) is 6.92 Å². The third kappa shape index (κ3) is 2.36. The molecule has 0 amide bonds. The van der Waals surface area contributed by atoms with Crippen LogP contribution in [0.15, 0.2) is 15.8 Å². The second kappa shape index (κ2) is 5.02. The Morgan fingerprint density at radius 1 is 1.61 bits per heavy atom. The molecule has 0 aromatic carbocycles. The molecule has 1 aliphatic rings. The molecule has 0 radical (unpaired) electrons. The van der Waals surface area contributed by atoms with Gasteiger partial charge in [0.15, 0.2) is 0 Å². The standard InChI is InChI=1S/C10H14N2O6/c1-5-3-12(10(15)11-9(5)14)8-2-6(13)7(18-8)4-17-16/h3,6-8,13,16H,2,4H2,1H3,(H,11,14,15)/t6-,7+,8+/m0/s1. The summed E-state index contributed by atoms with van der Waals surface area (Å²) in [5.74, 6) is 0. The second-order valence-corrected chi connectivity index (χ2v) is 4.21. The number of hydrogen-bond donors (Lipinski definition) is 3. The van der Waals surface area contributed by atoms with E-state index in [2.05, 4.69) is 9.87 Å². The summed E-state index contributed by atoms with van der Waals surface area (Å²) in [6, 6.07) is 0. The fourth-order valence-electron chi connectivity index (χ4n) is 1.91. The first-order chi connectivity index (χ1) is 8.52. The molecule has 1 aromatic rings. The number of rotatable bonds is 3. The fourth-order valence-corrected chi connectivity index (χ4v) is 1.91. The van der Waals surface area contributed by atoms with E-state index >= 15 is 0 Å². The van der Waals surface area contributed by atoms with Gasteiger partial charge >= 0.3 is 5.69 Å². The normalized spacial score (nSPS) is 27.6. The molecule has 1 aromatic heterocycles. The summed E-state index contributed by atoms with van der Waals surface area (Å²) >= 11 is 0. The Labute approximate surface area is 101 Å². The Morgan fingerprint density at radius 2 is 2.33 bits per heavy atom. The summed E-state index contributed by atoms with van der Waals surface area (Å²) in [4.78, 5) is 28.9. The Bertz CT molecular complexity index is 536. The fraction of sp³-hybridized carbons (Fsp3) is 0.600. The molecule has 2 rings (SSSR count). The lowest BCUT2D eigenvalue weighted by molar-refractivity contribution is -0.264. The van der Waals surface area contributed by atoms with Crippen LogP contribution < -0.4 is 11.2 Å². The Hall–Kier alpha value is -1.48. The van der Waals surface area contributed by atoms with Crippen LogP contribution in [0.3, 0.4) is 0 Å². The van der Waals surface area contributed by atoms with Crippen LogP contribution >= 0.6 is 0 Å². The van der Waals surface area contributed by atoms with Crippen LogP contribution in [0.25, 0.3) is 0 Å². The third-order valence-corrected chi connectivity index (χ3v) is 2.90. The molecule has 8 nitrogen and oxygen atoms in total. The van der Waals surface area contributed by atoms with Gasteiger partial charge in [-0.1, -0.05) is 0 Å². The van der Waals surface area contributed by atoms with Crippen molar-refractivity contribution in [1.29, 1.82) is 0 Å². The molecule has 0 unspecified atom stereocenters. The number of aliphatic hydroxyl groups excluding tert-OH is 1. The predicted octanol–water partition coefficient (Wildman–Crippen LogP) is -1.02. The SMILES string of the molecule is Cc1cn([C@H]2C[C@H](O)[C@@H](COO)O2)c(=O)[nH]c1=O. The number of nitrogens with zero attached hydrogens (tertiary/aromatic N) is 1. The van der Waals surface area contributed by atoms with E-state index in [-0.39, 0.29) is 13.0 Å². The maximum absolute atomic E-state index is 11.6. The van der Waals surface area contributed by atoms with Crippen molar-refractivity contribution in [1.82, 2.24) is 9.55 Å². The van der Waals surface area contributed by atoms with Crippen LogP contribution in [0.5, 0.6) is 0 Å². The highest BCUT2D eigenvalue weighted by Crippen LogP contribution is 2.27. The molecule has 3 N–H and O–H groups in total. The highest BCUT2D eigenvalue weighted by Gasteiger charge is 2.35. The number of aromatic nitrogens is 2. The van der Waals surface area contributed by atoms with Crippen LogP contribution in [0.1, 0.15) is 18.2 Å². The molecule has 0 spiro atoms. The van der Waals surface area contributed by atoms with E-state index in [4.69, 9.17) is 9.99 Å². The summed E-state index contributed by atoms with van der Waals surface area (Å²) in [7, 11) is 0. The minimum Gasteiger partial charge on any atom is -0.390 e. The molecule has 8 heteroatoms. The maximum atomic E-state index is 11.6. The quantitative estimate of drug-likeness (QED) is 0.472.